The highest BCUT2D eigenvalue weighted by molar-refractivity contribution is 5.57. The van der Waals surface area contributed by atoms with Crippen LogP contribution in [0.4, 0.5) is 0 Å². The van der Waals surface area contributed by atoms with Crippen LogP contribution in [0.2, 0.25) is 0 Å². The minimum Gasteiger partial charge on any atom is -0.392 e. The number of benzene rings is 1. The third-order valence-electron chi connectivity index (χ3n) is 1.90. The van der Waals surface area contributed by atoms with Gasteiger partial charge in [0.1, 0.15) is 0 Å². The molecule has 2 nitrogen and oxygen atoms in total. The Kier molecular flexibility index (Phi) is 3.24. The van der Waals surface area contributed by atoms with Crippen LogP contribution in [0.15, 0.2) is 24.3 Å². The highest BCUT2D eigenvalue weighted by Crippen LogP contribution is 2.13. The van der Waals surface area contributed by atoms with E-state index in [2.05, 4.69) is 6.07 Å². The van der Waals surface area contributed by atoms with Gasteiger partial charge in [-0.3, -0.25) is 0 Å². The molecule has 0 saturated carbocycles. The van der Waals surface area contributed by atoms with Gasteiger partial charge in [-0.15, -0.1) is 0 Å². The molecule has 1 aromatic rings. The molecule has 1 N–H and O–H groups in total. The standard InChI is InChI=1S/C11H11NO/c1-9-10(6-3-7-13)4-2-5-11(9)8-12/h2-6,13H,7H2,1H3. The number of aliphatic hydroxyl groups is 1. The van der Waals surface area contributed by atoms with Gasteiger partial charge in [0.05, 0.1) is 18.2 Å². The van der Waals surface area contributed by atoms with Crippen molar-refractivity contribution < 1.29 is 5.11 Å². The SMILES string of the molecule is Cc1c(C#N)cccc1C=CCO. The van der Waals surface area contributed by atoms with Crippen molar-refractivity contribution in [3.05, 3.63) is 41.0 Å². The highest BCUT2D eigenvalue weighted by Gasteiger charge is 1.98. The lowest BCUT2D eigenvalue weighted by Crippen LogP contribution is -1.86. The van der Waals surface area contributed by atoms with Crippen LogP contribution in [0.5, 0.6) is 0 Å². The zero-order valence-electron chi connectivity index (χ0n) is 7.49. The summed E-state index contributed by atoms with van der Waals surface area (Å²) in [5, 5.41) is 17.3. The first kappa shape index (κ1) is 9.50. The van der Waals surface area contributed by atoms with Gasteiger partial charge < -0.3 is 5.11 Å². The number of hydrogen-bond donors (Lipinski definition) is 1. The van der Waals surface area contributed by atoms with Crippen LogP contribution < -0.4 is 0 Å². The van der Waals surface area contributed by atoms with Crippen molar-refractivity contribution in [1.82, 2.24) is 0 Å². The summed E-state index contributed by atoms with van der Waals surface area (Å²) in [6.07, 6.45) is 3.47. The quantitative estimate of drug-likeness (QED) is 0.742. The predicted molar refractivity (Wildman–Crippen MR) is 52.0 cm³/mol. The molecule has 0 bridgehead atoms. The molecule has 0 aliphatic rings. The first-order valence-corrected chi connectivity index (χ1v) is 4.06. The van der Waals surface area contributed by atoms with Crippen LogP contribution in [0.1, 0.15) is 16.7 Å². The van der Waals surface area contributed by atoms with Gasteiger partial charge in [0.25, 0.3) is 0 Å². The van der Waals surface area contributed by atoms with Crippen molar-refractivity contribution in [2.45, 2.75) is 6.92 Å². The van der Waals surface area contributed by atoms with Gasteiger partial charge in [0.2, 0.25) is 0 Å². The average molecular weight is 173 g/mol. The maximum Gasteiger partial charge on any atom is 0.0994 e. The molecule has 1 rings (SSSR count). The summed E-state index contributed by atoms with van der Waals surface area (Å²) >= 11 is 0. The second-order valence-corrected chi connectivity index (χ2v) is 2.72. The molecule has 1 aromatic carbocycles. The number of aliphatic hydroxyl groups excluding tert-OH is 1. The maximum atomic E-state index is 8.74. The number of nitrogens with zero attached hydrogens (tertiary/aromatic N) is 1. The molecule has 2 heteroatoms. The Hall–Kier alpha value is -1.59. The topological polar surface area (TPSA) is 44.0 Å². The first-order chi connectivity index (χ1) is 6.29. The average Bonchev–Trinajstić information content (AvgIpc) is 2.16. The van der Waals surface area contributed by atoms with Crippen LogP contribution in [-0.2, 0) is 0 Å². The molecule has 0 aromatic heterocycles. The molecule has 0 aliphatic carbocycles. The molecule has 0 amide bonds. The van der Waals surface area contributed by atoms with Crippen molar-refractivity contribution in [2.24, 2.45) is 0 Å². The molecule has 0 saturated heterocycles. The van der Waals surface area contributed by atoms with E-state index in [-0.39, 0.29) is 6.61 Å². The van der Waals surface area contributed by atoms with Gasteiger partial charge in [0.15, 0.2) is 0 Å². The lowest BCUT2D eigenvalue weighted by atomic mass is 10.0. The maximum absolute atomic E-state index is 8.74. The van der Waals surface area contributed by atoms with Gasteiger partial charge in [-0.2, -0.15) is 5.26 Å². The predicted octanol–water partition coefficient (Wildman–Crippen LogP) is 1.87. The third kappa shape index (κ3) is 2.17. The molecule has 0 aliphatic heterocycles. The van der Waals surface area contributed by atoms with Gasteiger partial charge >= 0.3 is 0 Å². The van der Waals surface area contributed by atoms with E-state index in [1.54, 1.807) is 12.1 Å². The van der Waals surface area contributed by atoms with E-state index < -0.39 is 0 Å². The third-order valence-corrected chi connectivity index (χ3v) is 1.90. The van der Waals surface area contributed by atoms with E-state index in [4.69, 9.17) is 10.4 Å². The summed E-state index contributed by atoms with van der Waals surface area (Å²) in [4.78, 5) is 0. The van der Waals surface area contributed by atoms with E-state index in [9.17, 15) is 0 Å². The highest BCUT2D eigenvalue weighted by atomic mass is 16.2. The molecule has 13 heavy (non-hydrogen) atoms. The summed E-state index contributed by atoms with van der Waals surface area (Å²) in [7, 11) is 0. The Labute approximate surface area is 77.8 Å². The largest absolute Gasteiger partial charge is 0.392 e. The second kappa shape index (κ2) is 4.44. The number of rotatable bonds is 2. The molecule has 0 unspecified atom stereocenters. The summed E-state index contributed by atoms with van der Waals surface area (Å²) in [6, 6.07) is 7.65. The molecule has 66 valence electrons. The molecule has 0 radical (unpaired) electrons. The van der Waals surface area contributed by atoms with Crippen LogP contribution in [0.3, 0.4) is 0 Å². The van der Waals surface area contributed by atoms with Gasteiger partial charge in [-0.25, -0.2) is 0 Å². The number of nitriles is 1. The zero-order valence-corrected chi connectivity index (χ0v) is 7.49. The van der Waals surface area contributed by atoms with Gasteiger partial charge in [0, 0.05) is 0 Å². The Balaban J connectivity index is 3.10. The fourth-order valence-electron chi connectivity index (χ4n) is 1.13. The van der Waals surface area contributed by atoms with Crippen molar-refractivity contribution in [3.8, 4) is 6.07 Å². The molecule has 0 fully saturated rings. The lowest BCUT2D eigenvalue weighted by molar-refractivity contribution is 0.343. The normalized spacial score (nSPS) is 10.2. The monoisotopic (exact) mass is 173 g/mol. The molecular formula is C11H11NO. The summed E-state index contributed by atoms with van der Waals surface area (Å²) in [5.41, 5.74) is 2.61. The van der Waals surface area contributed by atoms with Crippen molar-refractivity contribution >= 4 is 6.08 Å². The van der Waals surface area contributed by atoms with E-state index >= 15 is 0 Å². The van der Waals surface area contributed by atoms with Gasteiger partial charge in [-0.05, 0) is 24.1 Å². The number of hydrogen-bond acceptors (Lipinski definition) is 2. The zero-order chi connectivity index (χ0) is 9.68. The Morgan fingerprint density at radius 2 is 2.31 bits per heavy atom. The van der Waals surface area contributed by atoms with E-state index in [1.165, 1.54) is 0 Å². The van der Waals surface area contributed by atoms with E-state index in [1.807, 2.05) is 25.1 Å². The van der Waals surface area contributed by atoms with Gasteiger partial charge in [-0.1, -0.05) is 24.3 Å². The summed E-state index contributed by atoms with van der Waals surface area (Å²) < 4.78 is 0. The smallest absolute Gasteiger partial charge is 0.0994 e. The van der Waals surface area contributed by atoms with Crippen LogP contribution in [0.25, 0.3) is 6.08 Å². The van der Waals surface area contributed by atoms with Crippen molar-refractivity contribution in [1.29, 1.82) is 5.26 Å². The molecular weight excluding hydrogens is 162 g/mol. The Bertz CT molecular complexity index is 361. The van der Waals surface area contributed by atoms with Crippen LogP contribution >= 0.6 is 0 Å². The Morgan fingerprint density at radius 3 is 2.92 bits per heavy atom. The minimum atomic E-state index is 0.0240. The molecule has 0 atom stereocenters. The lowest BCUT2D eigenvalue weighted by Gasteiger charge is -2.00. The fourth-order valence-corrected chi connectivity index (χ4v) is 1.13. The van der Waals surface area contributed by atoms with E-state index in [0.29, 0.717) is 5.56 Å². The van der Waals surface area contributed by atoms with Crippen molar-refractivity contribution in [2.75, 3.05) is 6.61 Å². The van der Waals surface area contributed by atoms with Crippen LogP contribution in [0, 0.1) is 18.3 Å². The summed E-state index contributed by atoms with van der Waals surface area (Å²) in [5.74, 6) is 0. The Morgan fingerprint density at radius 1 is 1.54 bits per heavy atom. The first-order valence-electron chi connectivity index (χ1n) is 4.06. The molecule has 0 spiro atoms. The second-order valence-electron chi connectivity index (χ2n) is 2.72. The minimum absolute atomic E-state index is 0.0240. The fraction of sp³-hybridized carbons (Fsp3) is 0.182. The van der Waals surface area contributed by atoms with Crippen molar-refractivity contribution in [3.63, 3.8) is 0 Å². The molecule has 0 heterocycles. The van der Waals surface area contributed by atoms with E-state index in [0.717, 1.165) is 11.1 Å². The summed E-state index contributed by atoms with van der Waals surface area (Å²) in [6.45, 7) is 1.92. The van der Waals surface area contributed by atoms with Crippen LogP contribution in [-0.4, -0.2) is 11.7 Å².